The molecule has 0 fully saturated rings. The van der Waals surface area contributed by atoms with Crippen LogP contribution in [0.25, 0.3) is 0 Å². The zero-order valence-electron chi connectivity index (χ0n) is 15.4. The molecule has 2 aromatic rings. The van der Waals surface area contributed by atoms with Gasteiger partial charge in [-0.1, -0.05) is 25.6 Å². The fraction of sp³-hybridized carbons (Fsp3) is 0.333. The number of thiophene rings is 1. The van der Waals surface area contributed by atoms with Gasteiger partial charge in [0.15, 0.2) is 5.37 Å². The molecule has 3 rings (SSSR count). The Morgan fingerprint density at radius 1 is 1.29 bits per heavy atom. The largest absolute Gasteiger partial charge is 0.446 e. The lowest BCUT2D eigenvalue weighted by Gasteiger charge is -2.14. The lowest BCUT2D eigenvalue weighted by Crippen LogP contribution is -2.34. The molecule has 1 aliphatic rings. The molecule has 0 spiro atoms. The van der Waals surface area contributed by atoms with E-state index in [1.54, 1.807) is 23.8 Å². The second kappa shape index (κ2) is 9.07. The van der Waals surface area contributed by atoms with Gasteiger partial charge in [-0.05, 0) is 30.4 Å². The molecule has 3 amide bonds. The Kier molecular flexibility index (Phi) is 6.53. The number of anilines is 2. The monoisotopic (exact) mass is 420 g/mol. The Labute approximate surface area is 170 Å². The number of hydrogen-bond acceptors (Lipinski definition) is 8. The third kappa shape index (κ3) is 4.63. The van der Waals surface area contributed by atoms with Gasteiger partial charge in [-0.3, -0.25) is 19.9 Å². The average Bonchev–Trinajstić information content (AvgIpc) is 3.32. The molecule has 10 heteroatoms. The Bertz CT molecular complexity index is 857. The van der Waals surface area contributed by atoms with Gasteiger partial charge in [-0.25, -0.2) is 4.79 Å². The van der Waals surface area contributed by atoms with Crippen molar-refractivity contribution in [2.24, 2.45) is 0 Å². The maximum atomic E-state index is 12.6. The van der Waals surface area contributed by atoms with Gasteiger partial charge in [-0.2, -0.15) is 0 Å². The standard InChI is InChI=1S/C18H20N4O4S2/c1-3-10(4-2)26-18(25)22-14(23)11-6-8-27-16(11)21-15(24)17-20-12-9-19-7-5-13(12)28-17/h5-10,17,20H,3-4H2,1-2H3,(H,21,24)(H,22,23,25). The van der Waals surface area contributed by atoms with Crippen molar-refractivity contribution in [3.63, 3.8) is 0 Å². The van der Waals surface area contributed by atoms with Crippen molar-refractivity contribution in [3.05, 3.63) is 35.5 Å². The molecule has 0 aliphatic carbocycles. The van der Waals surface area contributed by atoms with E-state index in [-0.39, 0.29) is 17.6 Å². The minimum atomic E-state index is -0.793. The number of nitrogens with one attached hydrogen (secondary N) is 3. The summed E-state index contributed by atoms with van der Waals surface area (Å²) in [5.74, 6) is -0.913. The second-order valence-electron chi connectivity index (χ2n) is 5.96. The predicted molar refractivity (Wildman–Crippen MR) is 109 cm³/mol. The highest BCUT2D eigenvalue weighted by Crippen LogP contribution is 2.38. The highest BCUT2D eigenvalue weighted by atomic mass is 32.2. The van der Waals surface area contributed by atoms with Crippen LogP contribution in [0.15, 0.2) is 34.8 Å². The fourth-order valence-corrected chi connectivity index (χ4v) is 4.34. The van der Waals surface area contributed by atoms with Gasteiger partial charge < -0.3 is 15.4 Å². The molecule has 0 aromatic carbocycles. The molecule has 0 radical (unpaired) electrons. The van der Waals surface area contributed by atoms with Crippen LogP contribution in [0.5, 0.6) is 0 Å². The first-order valence-corrected chi connectivity index (χ1v) is 10.5. The minimum Gasteiger partial charge on any atom is -0.446 e. The van der Waals surface area contributed by atoms with Gasteiger partial charge in [0.1, 0.15) is 11.1 Å². The van der Waals surface area contributed by atoms with Crippen LogP contribution in [-0.4, -0.2) is 34.4 Å². The van der Waals surface area contributed by atoms with Crippen LogP contribution in [0.4, 0.5) is 15.5 Å². The van der Waals surface area contributed by atoms with Gasteiger partial charge in [0.25, 0.3) is 11.8 Å². The Morgan fingerprint density at radius 2 is 2.07 bits per heavy atom. The van der Waals surface area contributed by atoms with E-state index in [0.717, 1.165) is 10.6 Å². The van der Waals surface area contributed by atoms with Crippen molar-refractivity contribution in [2.75, 3.05) is 10.6 Å². The van der Waals surface area contributed by atoms with Crippen molar-refractivity contribution in [3.8, 4) is 0 Å². The van der Waals surface area contributed by atoms with E-state index >= 15 is 0 Å². The summed E-state index contributed by atoms with van der Waals surface area (Å²) in [6, 6.07) is 3.38. The summed E-state index contributed by atoms with van der Waals surface area (Å²) in [4.78, 5) is 41.8. The molecule has 1 unspecified atom stereocenters. The SMILES string of the molecule is CCC(CC)OC(=O)NC(=O)c1ccsc1NC(=O)C1Nc2cnccc2S1. The average molecular weight is 421 g/mol. The maximum Gasteiger partial charge on any atom is 0.414 e. The number of imide groups is 1. The topological polar surface area (TPSA) is 109 Å². The van der Waals surface area contributed by atoms with Crippen molar-refractivity contribution in [2.45, 2.75) is 43.1 Å². The number of hydrogen-bond donors (Lipinski definition) is 3. The molecular weight excluding hydrogens is 400 g/mol. The smallest absolute Gasteiger partial charge is 0.414 e. The van der Waals surface area contributed by atoms with Crippen LogP contribution in [-0.2, 0) is 9.53 Å². The first kappa shape index (κ1) is 20.2. The van der Waals surface area contributed by atoms with Crippen LogP contribution in [0.1, 0.15) is 37.0 Å². The molecule has 0 bridgehead atoms. The van der Waals surface area contributed by atoms with E-state index in [1.165, 1.54) is 23.1 Å². The van der Waals surface area contributed by atoms with Gasteiger partial charge in [0.2, 0.25) is 0 Å². The van der Waals surface area contributed by atoms with E-state index in [1.807, 2.05) is 19.9 Å². The molecule has 0 saturated heterocycles. The zero-order valence-corrected chi connectivity index (χ0v) is 17.0. The Balaban J connectivity index is 1.60. The van der Waals surface area contributed by atoms with E-state index in [2.05, 4.69) is 20.9 Å². The van der Waals surface area contributed by atoms with E-state index in [0.29, 0.717) is 17.8 Å². The molecule has 1 atom stereocenters. The van der Waals surface area contributed by atoms with Crippen molar-refractivity contribution < 1.29 is 19.1 Å². The number of aromatic nitrogens is 1. The normalized spacial score (nSPS) is 14.9. The number of carbonyl (C=O) groups is 3. The van der Waals surface area contributed by atoms with Crippen LogP contribution >= 0.6 is 23.1 Å². The number of carbonyl (C=O) groups excluding carboxylic acids is 3. The summed E-state index contributed by atoms with van der Waals surface area (Å²) in [5, 5.41) is 9.54. The number of thioether (sulfide) groups is 1. The molecular formula is C18H20N4O4S2. The molecule has 2 aromatic heterocycles. The first-order valence-electron chi connectivity index (χ1n) is 8.79. The summed E-state index contributed by atoms with van der Waals surface area (Å²) < 4.78 is 5.18. The van der Waals surface area contributed by atoms with Gasteiger partial charge in [-0.15, -0.1) is 11.3 Å². The highest BCUT2D eigenvalue weighted by molar-refractivity contribution is 8.01. The van der Waals surface area contributed by atoms with Crippen molar-refractivity contribution in [1.29, 1.82) is 0 Å². The Hall–Kier alpha value is -2.59. The van der Waals surface area contributed by atoms with Gasteiger partial charge in [0.05, 0.1) is 17.4 Å². The number of ether oxygens (including phenoxy) is 1. The molecule has 3 heterocycles. The summed E-state index contributed by atoms with van der Waals surface area (Å²) in [6.07, 6.45) is 3.62. The quantitative estimate of drug-likeness (QED) is 0.654. The maximum absolute atomic E-state index is 12.6. The Morgan fingerprint density at radius 3 is 2.79 bits per heavy atom. The van der Waals surface area contributed by atoms with E-state index in [4.69, 9.17) is 4.74 Å². The van der Waals surface area contributed by atoms with Crippen LogP contribution in [0.2, 0.25) is 0 Å². The molecule has 148 valence electrons. The number of pyridine rings is 1. The van der Waals surface area contributed by atoms with Crippen molar-refractivity contribution >= 4 is 51.7 Å². The van der Waals surface area contributed by atoms with Crippen LogP contribution in [0, 0.1) is 0 Å². The third-order valence-corrected chi connectivity index (χ3v) is 6.10. The lowest BCUT2D eigenvalue weighted by atomic mass is 10.2. The lowest BCUT2D eigenvalue weighted by molar-refractivity contribution is -0.115. The molecule has 1 aliphatic heterocycles. The first-order chi connectivity index (χ1) is 13.5. The second-order valence-corrected chi connectivity index (χ2v) is 8.03. The fourth-order valence-electron chi connectivity index (χ4n) is 2.57. The van der Waals surface area contributed by atoms with E-state index < -0.39 is 17.4 Å². The summed E-state index contributed by atoms with van der Waals surface area (Å²) >= 11 is 2.57. The number of alkyl carbamates (subject to hydrolysis) is 1. The third-order valence-electron chi connectivity index (χ3n) is 4.10. The van der Waals surface area contributed by atoms with Crippen LogP contribution in [0.3, 0.4) is 0 Å². The van der Waals surface area contributed by atoms with Crippen LogP contribution < -0.4 is 16.0 Å². The number of nitrogens with zero attached hydrogens (tertiary/aromatic N) is 1. The number of amides is 3. The minimum absolute atomic E-state index is 0.210. The molecule has 0 saturated carbocycles. The summed E-state index contributed by atoms with van der Waals surface area (Å²) in [7, 11) is 0. The van der Waals surface area contributed by atoms with E-state index in [9.17, 15) is 14.4 Å². The highest BCUT2D eigenvalue weighted by Gasteiger charge is 2.29. The summed E-state index contributed by atoms with van der Waals surface area (Å²) in [6.45, 7) is 3.80. The molecule has 28 heavy (non-hydrogen) atoms. The van der Waals surface area contributed by atoms with Gasteiger partial charge >= 0.3 is 6.09 Å². The summed E-state index contributed by atoms with van der Waals surface area (Å²) in [5.41, 5.74) is 1.00. The number of rotatable bonds is 6. The molecule has 3 N–H and O–H groups in total. The van der Waals surface area contributed by atoms with Gasteiger partial charge in [0, 0.05) is 11.1 Å². The van der Waals surface area contributed by atoms with Crippen molar-refractivity contribution in [1.82, 2.24) is 10.3 Å². The zero-order chi connectivity index (χ0) is 20.1. The molecule has 8 nitrogen and oxygen atoms in total. The predicted octanol–water partition coefficient (Wildman–Crippen LogP) is 3.68. The number of fused-ring (bicyclic) bond motifs is 1.